The predicted octanol–water partition coefficient (Wildman–Crippen LogP) is 5.35. The van der Waals surface area contributed by atoms with Crippen molar-refractivity contribution in [2.45, 2.75) is 6.92 Å². The molecule has 4 aromatic rings. The van der Waals surface area contributed by atoms with Crippen LogP contribution in [-0.4, -0.2) is 28.1 Å². The lowest BCUT2D eigenvalue weighted by molar-refractivity contribution is -0.384. The van der Waals surface area contributed by atoms with Crippen molar-refractivity contribution >= 4 is 17.3 Å². The van der Waals surface area contributed by atoms with Gasteiger partial charge in [0.15, 0.2) is 0 Å². The Hall–Kier alpha value is -4.66. The minimum absolute atomic E-state index is 0.202. The third kappa shape index (κ3) is 4.99. The number of nitrogens with one attached hydrogen (secondary N) is 2. The number of amides is 1. The number of ether oxygens (including phenoxy) is 2. The number of H-pyrrole nitrogens is 1. The van der Waals surface area contributed by atoms with Crippen LogP contribution in [0.3, 0.4) is 0 Å². The van der Waals surface area contributed by atoms with Crippen molar-refractivity contribution in [2.75, 3.05) is 12.4 Å². The van der Waals surface area contributed by atoms with Gasteiger partial charge in [-0.15, -0.1) is 0 Å². The number of nitro groups is 1. The second-order valence-corrected chi connectivity index (χ2v) is 7.19. The van der Waals surface area contributed by atoms with Gasteiger partial charge in [-0.3, -0.25) is 20.0 Å². The molecule has 33 heavy (non-hydrogen) atoms. The molecule has 0 atom stereocenters. The second-order valence-electron chi connectivity index (χ2n) is 7.19. The van der Waals surface area contributed by atoms with E-state index in [9.17, 15) is 14.9 Å². The lowest BCUT2D eigenvalue weighted by Gasteiger charge is -2.10. The van der Waals surface area contributed by atoms with Crippen molar-refractivity contribution in [3.63, 3.8) is 0 Å². The molecule has 0 radical (unpaired) electrons. The number of aryl methyl sites for hydroxylation is 1. The molecule has 2 N–H and O–H groups in total. The fourth-order valence-corrected chi connectivity index (χ4v) is 3.16. The van der Waals surface area contributed by atoms with Crippen LogP contribution in [0, 0.1) is 17.0 Å². The number of methoxy groups -OCH3 is 1. The van der Waals surface area contributed by atoms with Crippen LogP contribution in [0.5, 0.6) is 17.2 Å². The number of aromatic amines is 1. The van der Waals surface area contributed by atoms with Crippen molar-refractivity contribution < 1.29 is 19.2 Å². The van der Waals surface area contributed by atoms with E-state index in [0.29, 0.717) is 17.2 Å². The highest BCUT2D eigenvalue weighted by Gasteiger charge is 2.16. The highest BCUT2D eigenvalue weighted by molar-refractivity contribution is 6.03. The molecule has 0 fully saturated rings. The minimum Gasteiger partial charge on any atom is -0.497 e. The van der Waals surface area contributed by atoms with Crippen LogP contribution in [0.2, 0.25) is 0 Å². The first-order valence-electron chi connectivity index (χ1n) is 9.97. The molecule has 0 saturated carbocycles. The Balaban J connectivity index is 1.56. The molecule has 0 aliphatic carbocycles. The maximum Gasteiger partial charge on any atom is 0.275 e. The molecule has 1 heterocycles. The molecule has 0 aliphatic heterocycles. The summed E-state index contributed by atoms with van der Waals surface area (Å²) in [5.74, 6) is 1.01. The highest BCUT2D eigenvalue weighted by atomic mass is 16.6. The summed E-state index contributed by atoms with van der Waals surface area (Å²) < 4.78 is 11.0. The first kappa shape index (κ1) is 21.6. The zero-order chi connectivity index (χ0) is 23.4. The fourth-order valence-electron chi connectivity index (χ4n) is 3.16. The summed E-state index contributed by atoms with van der Waals surface area (Å²) in [6.07, 6.45) is 0. The lowest BCUT2D eigenvalue weighted by Crippen LogP contribution is -2.12. The number of carbonyl (C=O) groups is 1. The van der Waals surface area contributed by atoms with Gasteiger partial charge >= 0.3 is 0 Å². The van der Waals surface area contributed by atoms with Gasteiger partial charge in [-0.25, -0.2) is 0 Å². The Kier molecular flexibility index (Phi) is 6.03. The first-order valence-corrected chi connectivity index (χ1v) is 9.97. The average molecular weight is 444 g/mol. The molecule has 1 aromatic heterocycles. The average Bonchev–Trinajstić information content (AvgIpc) is 3.31. The van der Waals surface area contributed by atoms with Crippen molar-refractivity contribution in [3.8, 4) is 28.5 Å². The SMILES string of the molecule is COc1ccc(-c2cc(C(=O)Nc3cc(Oc4ccccc4C)cc([N+](=O)[O-])c3)[nH]n2)cc1. The van der Waals surface area contributed by atoms with Gasteiger partial charge in [-0.1, -0.05) is 18.2 Å². The minimum atomic E-state index is -0.543. The molecule has 166 valence electrons. The van der Waals surface area contributed by atoms with Gasteiger partial charge in [0.05, 0.1) is 29.5 Å². The number of hydrogen-bond donors (Lipinski definition) is 2. The molecular formula is C24H20N4O5. The maximum atomic E-state index is 12.8. The van der Waals surface area contributed by atoms with E-state index >= 15 is 0 Å². The summed E-state index contributed by atoms with van der Waals surface area (Å²) >= 11 is 0. The quantitative estimate of drug-likeness (QED) is 0.293. The van der Waals surface area contributed by atoms with Crippen LogP contribution in [0.4, 0.5) is 11.4 Å². The maximum absolute atomic E-state index is 12.8. The molecule has 0 aliphatic rings. The van der Waals surface area contributed by atoms with Crippen LogP contribution >= 0.6 is 0 Å². The molecule has 3 aromatic carbocycles. The number of hydrogen-bond acceptors (Lipinski definition) is 6. The molecule has 9 heteroatoms. The Morgan fingerprint density at radius 2 is 1.79 bits per heavy atom. The summed E-state index contributed by atoms with van der Waals surface area (Å²) in [5.41, 5.74) is 2.46. The van der Waals surface area contributed by atoms with Gasteiger partial charge in [-0.2, -0.15) is 5.10 Å². The van der Waals surface area contributed by atoms with Crippen LogP contribution < -0.4 is 14.8 Å². The molecule has 0 saturated heterocycles. The Labute approximate surface area is 189 Å². The normalized spacial score (nSPS) is 10.5. The van der Waals surface area contributed by atoms with Gasteiger partial charge in [0.1, 0.15) is 22.9 Å². The summed E-state index contributed by atoms with van der Waals surface area (Å²) in [4.78, 5) is 23.6. The Morgan fingerprint density at radius 3 is 2.48 bits per heavy atom. The molecule has 0 unspecified atom stereocenters. The van der Waals surface area contributed by atoms with E-state index in [4.69, 9.17) is 9.47 Å². The third-order valence-corrected chi connectivity index (χ3v) is 4.89. The Morgan fingerprint density at radius 1 is 1.03 bits per heavy atom. The highest BCUT2D eigenvalue weighted by Crippen LogP contribution is 2.31. The van der Waals surface area contributed by atoms with E-state index in [1.807, 2.05) is 31.2 Å². The lowest BCUT2D eigenvalue weighted by atomic mass is 10.1. The smallest absolute Gasteiger partial charge is 0.275 e. The van der Waals surface area contributed by atoms with E-state index in [2.05, 4.69) is 15.5 Å². The largest absolute Gasteiger partial charge is 0.497 e. The number of nitro benzene ring substituents is 1. The molecular weight excluding hydrogens is 424 g/mol. The van der Waals surface area contributed by atoms with Gasteiger partial charge < -0.3 is 14.8 Å². The topological polar surface area (TPSA) is 119 Å². The number of aromatic nitrogens is 2. The van der Waals surface area contributed by atoms with E-state index < -0.39 is 10.8 Å². The summed E-state index contributed by atoms with van der Waals surface area (Å²) in [6.45, 7) is 1.87. The van der Waals surface area contributed by atoms with Gasteiger partial charge in [0, 0.05) is 17.7 Å². The number of anilines is 1. The number of carbonyl (C=O) groups excluding carboxylic acids is 1. The van der Waals surface area contributed by atoms with E-state index in [1.54, 1.807) is 37.4 Å². The van der Waals surface area contributed by atoms with Crippen LogP contribution in [0.15, 0.2) is 72.8 Å². The predicted molar refractivity (Wildman–Crippen MR) is 123 cm³/mol. The van der Waals surface area contributed by atoms with Crippen LogP contribution in [0.25, 0.3) is 11.3 Å². The van der Waals surface area contributed by atoms with Crippen molar-refractivity contribution in [3.05, 3.63) is 94.2 Å². The van der Waals surface area contributed by atoms with E-state index in [1.165, 1.54) is 18.2 Å². The van der Waals surface area contributed by atoms with Crippen molar-refractivity contribution in [2.24, 2.45) is 0 Å². The molecule has 0 spiro atoms. The number of benzene rings is 3. The molecule has 1 amide bonds. The molecule has 9 nitrogen and oxygen atoms in total. The van der Waals surface area contributed by atoms with Gasteiger partial charge in [0.25, 0.3) is 11.6 Å². The number of rotatable bonds is 7. The second kappa shape index (κ2) is 9.23. The summed E-state index contributed by atoms with van der Waals surface area (Å²) in [6, 6.07) is 20.2. The third-order valence-electron chi connectivity index (χ3n) is 4.89. The van der Waals surface area contributed by atoms with E-state index in [0.717, 1.165) is 11.1 Å². The van der Waals surface area contributed by atoms with Gasteiger partial charge in [-0.05, 0) is 48.9 Å². The fraction of sp³-hybridized carbons (Fsp3) is 0.0833. The number of para-hydroxylation sites is 1. The van der Waals surface area contributed by atoms with Crippen molar-refractivity contribution in [1.29, 1.82) is 0 Å². The van der Waals surface area contributed by atoms with Crippen LogP contribution in [-0.2, 0) is 0 Å². The summed E-state index contributed by atoms with van der Waals surface area (Å²) in [5, 5.41) is 20.9. The molecule has 4 rings (SSSR count). The monoisotopic (exact) mass is 444 g/mol. The standard InChI is InChI=1S/C24H20N4O5/c1-15-5-3-4-6-23(15)33-20-12-17(11-18(13-20)28(30)31)25-24(29)22-14-21(26-27-22)16-7-9-19(32-2)10-8-16/h3-14H,1-2H3,(H,25,29)(H,26,27). The Bertz CT molecular complexity index is 1310. The molecule has 0 bridgehead atoms. The van der Waals surface area contributed by atoms with E-state index in [-0.39, 0.29) is 22.8 Å². The number of non-ortho nitro benzene ring substituents is 1. The number of nitrogens with zero attached hydrogens (tertiary/aromatic N) is 2. The van der Waals surface area contributed by atoms with Crippen molar-refractivity contribution in [1.82, 2.24) is 10.2 Å². The summed E-state index contributed by atoms with van der Waals surface area (Å²) in [7, 11) is 1.58. The first-order chi connectivity index (χ1) is 15.9. The van der Waals surface area contributed by atoms with Gasteiger partial charge in [0.2, 0.25) is 0 Å². The zero-order valence-electron chi connectivity index (χ0n) is 17.9. The van der Waals surface area contributed by atoms with Crippen LogP contribution in [0.1, 0.15) is 16.1 Å². The zero-order valence-corrected chi connectivity index (χ0v) is 17.9.